The number of alkyl halides is 2. The summed E-state index contributed by atoms with van der Waals surface area (Å²) in [7, 11) is 0. The summed E-state index contributed by atoms with van der Waals surface area (Å²) in [5.41, 5.74) is 0.310. The third kappa shape index (κ3) is 6.16. The van der Waals surface area contributed by atoms with E-state index in [1.165, 1.54) is 18.2 Å². The molecule has 1 aromatic carbocycles. The smallest absolute Gasteiger partial charge is 0.387 e. The molecule has 2 rings (SSSR count). The number of amides is 2. The molecule has 1 atom stereocenters. The Kier molecular flexibility index (Phi) is 7.53. The summed E-state index contributed by atoms with van der Waals surface area (Å²) in [6.07, 6.45) is 0. The molecule has 1 saturated heterocycles. The number of piperazine rings is 1. The zero-order chi connectivity index (χ0) is 20.0. The largest absolute Gasteiger partial charge is 0.435 e. The van der Waals surface area contributed by atoms with Crippen LogP contribution >= 0.6 is 0 Å². The van der Waals surface area contributed by atoms with Gasteiger partial charge in [0.15, 0.2) is 0 Å². The molecule has 0 radical (unpaired) electrons. The van der Waals surface area contributed by atoms with E-state index in [1.54, 1.807) is 11.0 Å². The molecule has 2 amide bonds. The van der Waals surface area contributed by atoms with Crippen LogP contribution in [0.4, 0.5) is 8.78 Å². The number of halogens is 2. The Balaban J connectivity index is 1.89. The van der Waals surface area contributed by atoms with Crippen molar-refractivity contribution in [3.05, 3.63) is 29.8 Å². The normalized spacial score (nSPS) is 16.5. The molecular weight excluding hydrogens is 356 g/mol. The topological polar surface area (TPSA) is 61.9 Å². The Morgan fingerprint density at radius 2 is 1.81 bits per heavy atom. The molecule has 1 fully saturated rings. The number of hydrogen-bond donors (Lipinski definition) is 1. The highest BCUT2D eigenvalue weighted by atomic mass is 19.3. The lowest BCUT2D eigenvalue weighted by molar-refractivity contribution is -0.126. The van der Waals surface area contributed by atoms with Crippen LogP contribution in [0.3, 0.4) is 0 Å². The zero-order valence-corrected chi connectivity index (χ0v) is 16.0. The first kappa shape index (κ1) is 21.1. The number of rotatable bonds is 7. The van der Waals surface area contributed by atoms with E-state index in [4.69, 9.17) is 0 Å². The van der Waals surface area contributed by atoms with Gasteiger partial charge < -0.3 is 15.0 Å². The minimum Gasteiger partial charge on any atom is -0.435 e. The van der Waals surface area contributed by atoms with E-state index in [-0.39, 0.29) is 23.6 Å². The Bertz CT molecular complexity index is 647. The molecule has 0 saturated carbocycles. The van der Waals surface area contributed by atoms with Gasteiger partial charge >= 0.3 is 6.61 Å². The van der Waals surface area contributed by atoms with Crippen LogP contribution in [-0.4, -0.2) is 67.0 Å². The number of nitrogens with one attached hydrogen (secondary N) is 1. The monoisotopic (exact) mass is 383 g/mol. The van der Waals surface area contributed by atoms with E-state index in [2.05, 4.69) is 10.1 Å². The Morgan fingerprint density at radius 3 is 2.41 bits per heavy atom. The summed E-state index contributed by atoms with van der Waals surface area (Å²) in [6.45, 7) is 5.75. The lowest BCUT2D eigenvalue weighted by atomic mass is 10.1. The van der Waals surface area contributed by atoms with Crippen LogP contribution in [0.1, 0.15) is 31.1 Å². The van der Waals surface area contributed by atoms with E-state index >= 15 is 0 Å². The fourth-order valence-electron chi connectivity index (χ4n) is 2.92. The zero-order valence-electron chi connectivity index (χ0n) is 16.0. The second kappa shape index (κ2) is 9.64. The van der Waals surface area contributed by atoms with E-state index in [0.717, 1.165) is 0 Å². The van der Waals surface area contributed by atoms with Crippen molar-refractivity contribution in [3.63, 3.8) is 0 Å². The first-order chi connectivity index (χ1) is 12.8. The number of carbonyl (C=O) groups is 2. The molecule has 0 aromatic heterocycles. The van der Waals surface area contributed by atoms with Crippen molar-refractivity contribution in [2.45, 2.75) is 33.4 Å². The van der Waals surface area contributed by atoms with Crippen LogP contribution in [0.25, 0.3) is 0 Å². The maximum absolute atomic E-state index is 12.6. The highest BCUT2D eigenvalue weighted by molar-refractivity contribution is 5.94. The summed E-state index contributed by atoms with van der Waals surface area (Å²) in [5, 5.41) is 2.92. The fraction of sp³-hybridized carbons (Fsp3) is 0.579. The Morgan fingerprint density at radius 1 is 1.15 bits per heavy atom. The maximum atomic E-state index is 12.6. The molecule has 0 spiro atoms. The van der Waals surface area contributed by atoms with Gasteiger partial charge in [-0.3, -0.25) is 14.5 Å². The van der Waals surface area contributed by atoms with Crippen molar-refractivity contribution < 1.29 is 23.1 Å². The molecule has 150 valence electrons. The average molecular weight is 383 g/mol. The number of nitrogens with zero attached hydrogens (tertiary/aromatic N) is 2. The Hall–Kier alpha value is -2.22. The van der Waals surface area contributed by atoms with Crippen LogP contribution in [0.5, 0.6) is 5.75 Å². The van der Waals surface area contributed by atoms with E-state index < -0.39 is 6.61 Å². The third-order valence-corrected chi connectivity index (χ3v) is 4.52. The summed E-state index contributed by atoms with van der Waals surface area (Å²) in [4.78, 5) is 28.5. The van der Waals surface area contributed by atoms with E-state index in [0.29, 0.717) is 44.2 Å². The Labute approximate surface area is 158 Å². The number of carbonyl (C=O) groups excluding carboxylic acids is 2. The molecular formula is C19H27F2N3O3. The minimum atomic E-state index is -2.93. The van der Waals surface area contributed by atoms with Crippen LogP contribution in [0, 0.1) is 5.92 Å². The van der Waals surface area contributed by atoms with Crippen LogP contribution in [0.15, 0.2) is 24.3 Å². The van der Waals surface area contributed by atoms with Crippen molar-refractivity contribution in [2.24, 2.45) is 5.92 Å². The molecule has 1 aromatic rings. The lowest BCUT2D eigenvalue weighted by Gasteiger charge is -2.37. The van der Waals surface area contributed by atoms with Gasteiger partial charge in [-0.25, -0.2) is 0 Å². The predicted molar refractivity (Wildman–Crippen MR) is 97.9 cm³/mol. The van der Waals surface area contributed by atoms with Gasteiger partial charge in [-0.1, -0.05) is 19.9 Å². The van der Waals surface area contributed by atoms with Crippen molar-refractivity contribution in [3.8, 4) is 5.75 Å². The van der Waals surface area contributed by atoms with Crippen molar-refractivity contribution in [1.29, 1.82) is 0 Å². The highest BCUT2D eigenvalue weighted by Crippen LogP contribution is 2.18. The molecule has 1 unspecified atom stereocenters. The van der Waals surface area contributed by atoms with Gasteiger partial charge in [0.25, 0.3) is 5.91 Å². The first-order valence-corrected chi connectivity index (χ1v) is 9.14. The van der Waals surface area contributed by atoms with Gasteiger partial charge in [0, 0.05) is 38.3 Å². The quantitative estimate of drug-likeness (QED) is 0.784. The second-order valence-corrected chi connectivity index (χ2v) is 7.05. The number of hydrogen-bond acceptors (Lipinski definition) is 4. The standard InChI is InChI=1S/C19H27F2N3O3/c1-13(2)12-22-17(25)14(3)23-7-9-24(10-8-23)18(26)15-5-4-6-16(11-15)27-19(20)21/h4-6,11,13-14,19H,7-10,12H2,1-3H3,(H,22,25). The summed E-state index contributed by atoms with van der Waals surface area (Å²) < 4.78 is 29.0. The molecule has 27 heavy (non-hydrogen) atoms. The van der Waals surface area contributed by atoms with Gasteiger partial charge in [-0.15, -0.1) is 0 Å². The lowest BCUT2D eigenvalue weighted by Crippen LogP contribution is -2.55. The fourth-order valence-corrected chi connectivity index (χ4v) is 2.92. The molecule has 1 aliphatic heterocycles. The third-order valence-electron chi connectivity index (χ3n) is 4.52. The SMILES string of the molecule is CC(C)CNC(=O)C(C)N1CCN(C(=O)c2cccc(OC(F)F)c2)CC1. The molecule has 0 bridgehead atoms. The molecule has 1 aliphatic rings. The average Bonchev–Trinajstić information content (AvgIpc) is 2.64. The van der Waals surface area contributed by atoms with Crippen molar-refractivity contribution in [2.75, 3.05) is 32.7 Å². The van der Waals surface area contributed by atoms with Crippen LogP contribution in [-0.2, 0) is 4.79 Å². The van der Waals surface area contributed by atoms with E-state index in [1.807, 2.05) is 25.7 Å². The van der Waals surface area contributed by atoms with Gasteiger partial charge in [0.2, 0.25) is 5.91 Å². The molecule has 1 N–H and O–H groups in total. The summed E-state index contributed by atoms with van der Waals surface area (Å²) >= 11 is 0. The molecule has 8 heteroatoms. The van der Waals surface area contributed by atoms with Crippen LogP contribution in [0.2, 0.25) is 0 Å². The summed E-state index contributed by atoms with van der Waals surface area (Å²) in [6, 6.07) is 5.54. The van der Waals surface area contributed by atoms with Crippen molar-refractivity contribution >= 4 is 11.8 Å². The van der Waals surface area contributed by atoms with Gasteiger partial charge in [-0.05, 0) is 31.0 Å². The van der Waals surface area contributed by atoms with Gasteiger partial charge in [0.1, 0.15) is 5.75 Å². The number of ether oxygens (including phenoxy) is 1. The second-order valence-electron chi connectivity index (χ2n) is 7.05. The number of benzene rings is 1. The predicted octanol–water partition coefficient (Wildman–Crippen LogP) is 2.21. The van der Waals surface area contributed by atoms with Crippen LogP contribution < -0.4 is 10.1 Å². The molecule has 1 heterocycles. The minimum absolute atomic E-state index is 0.0136. The summed E-state index contributed by atoms with van der Waals surface area (Å²) in [5.74, 6) is 0.108. The van der Waals surface area contributed by atoms with Crippen molar-refractivity contribution in [1.82, 2.24) is 15.1 Å². The maximum Gasteiger partial charge on any atom is 0.387 e. The molecule has 6 nitrogen and oxygen atoms in total. The first-order valence-electron chi connectivity index (χ1n) is 9.14. The highest BCUT2D eigenvalue weighted by Gasteiger charge is 2.28. The van der Waals surface area contributed by atoms with Gasteiger partial charge in [-0.2, -0.15) is 8.78 Å². The van der Waals surface area contributed by atoms with E-state index in [9.17, 15) is 18.4 Å². The van der Waals surface area contributed by atoms with Gasteiger partial charge in [0.05, 0.1) is 6.04 Å². The molecule has 0 aliphatic carbocycles.